The highest BCUT2D eigenvalue weighted by atomic mass is 35.5. The van der Waals surface area contributed by atoms with E-state index in [0.717, 1.165) is 12.8 Å². The Bertz CT molecular complexity index is 1030. The summed E-state index contributed by atoms with van der Waals surface area (Å²) in [7, 11) is 1.46. The van der Waals surface area contributed by atoms with E-state index in [1.165, 1.54) is 18.1 Å². The van der Waals surface area contributed by atoms with Crippen LogP contribution in [0.1, 0.15) is 50.8 Å². The maximum atomic E-state index is 13.1. The van der Waals surface area contributed by atoms with Crippen molar-refractivity contribution in [2.75, 3.05) is 13.7 Å². The summed E-state index contributed by atoms with van der Waals surface area (Å²) in [6.45, 7) is 6.29. The number of methoxy groups -OCH3 is 1. The first-order valence-corrected chi connectivity index (χ1v) is 11.0. The fourth-order valence-corrected chi connectivity index (χ4v) is 3.97. The Morgan fingerprint density at radius 3 is 2.44 bits per heavy atom. The van der Waals surface area contributed by atoms with E-state index >= 15 is 0 Å². The molecule has 0 spiro atoms. The minimum atomic E-state index is -0.729. The van der Waals surface area contributed by atoms with Crippen LogP contribution in [0, 0.1) is 0 Å². The molecule has 32 heavy (non-hydrogen) atoms. The van der Waals surface area contributed by atoms with Crippen LogP contribution in [0.25, 0.3) is 5.76 Å². The van der Waals surface area contributed by atoms with Crippen molar-refractivity contribution in [1.29, 1.82) is 0 Å². The predicted molar refractivity (Wildman–Crippen MR) is 124 cm³/mol. The van der Waals surface area contributed by atoms with Gasteiger partial charge in [0.2, 0.25) is 0 Å². The van der Waals surface area contributed by atoms with Gasteiger partial charge in [0.1, 0.15) is 17.3 Å². The molecule has 0 aromatic heterocycles. The number of aliphatic hydroxyl groups excluding tert-OH is 1. The summed E-state index contributed by atoms with van der Waals surface area (Å²) in [5.74, 6) is -0.632. The second-order valence-corrected chi connectivity index (χ2v) is 8.36. The van der Waals surface area contributed by atoms with Gasteiger partial charge in [-0.25, -0.2) is 0 Å². The van der Waals surface area contributed by atoms with Crippen molar-refractivity contribution in [3.63, 3.8) is 0 Å². The Balaban J connectivity index is 2.16. The molecular formula is C25H28ClNO5. The Labute approximate surface area is 193 Å². The van der Waals surface area contributed by atoms with Crippen LogP contribution < -0.4 is 9.47 Å². The quantitative estimate of drug-likeness (QED) is 0.328. The van der Waals surface area contributed by atoms with Gasteiger partial charge in [-0.05, 0) is 56.2 Å². The zero-order valence-electron chi connectivity index (χ0n) is 18.7. The van der Waals surface area contributed by atoms with Crippen molar-refractivity contribution in [2.45, 2.75) is 45.8 Å². The van der Waals surface area contributed by atoms with Gasteiger partial charge in [0.25, 0.3) is 11.7 Å². The number of ether oxygens (including phenoxy) is 2. The van der Waals surface area contributed by atoms with Gasteiger partial charge in [-0.3, -0.25) is 9.59 Å². The molecule has 6 nitrogen and oxygen atoms in total. The smallest absolute Gasteiger partial charge is 0.295 e. The monoisotopic (exact) mass is 457 g/mol. The standard InChI is InChI=1S/C25H28ClNO5/c1-5-6-13-27-22(16-7-10-18(11-8-16)32-15(2)3)21(24(29)25(27)30)23(28)19-14-17(26)9-12-20(19)31-4/h7-12,14-15,22,28H,5-6,13H2,1-4H3/b23-21+. The number of amides is 1. The highest BCUT2D eigenvalue weighted by Gasteiger charge is 2.46. The van der Waals surface area contributed by atoms with Gasteiger partial charge >= 0.3 is 0 Å². The van der Waals surface area contributed by atoms with Crippen LogP contribution in [0.3, 0.4) is 0 Å². The van der Waals surface area contributed by atoms with Gasteiger partial charge in [-0.2, -0.15) is 0 Å². The molecule has 2 aromatic rings. The van der Waals surface area contributed by atoms with Crippen LogP contribution >= 0.6 is 11.6 Å². The largest absolute Gasteiger partial charge is 0.507 e. The number of halogens is 1. The summed E-state index contributed by atoms with van der Waals surface area (Å²) in [5.41, 5.74) is 0.987. The maximum Gasteiger partial charge on any atom is 0.295 e. The van der Waals surface area contributed by atoms with Crippen molar-refractivity contribution in [3.05, 3.63) is 64.2 Å². The van der Waals surface area contributed by atoms with E-state index in [2.05, 4.69) is 0 Å². The van der Waals surface area contributed by atoms with E-state index in [4.69, 9.17) is 21.1 Å². The van der Waals surface area contributed by atoms with E-state index in [1.54, 1.807) is 24.3 Å². The Hall–Kier alpha value is -2.99. The molecule has 1 saturated heterocycles. The second-order valence-electron chi connectivity index (χ2n) is 7.93. The molecule has 0 saturated carbocycles. The number of hydrogen-bond acceptors (Lipinski definition) is 5. The molecule has 1 fully saturated rings. The SMILES string of the molecule is CCCCN1C(=O)C(=O)/C(=C(/O)c2cc(Cl)ccc2OC)C1c1ccc(OC(C)C)cc1. The first kappa shape index (κ1) is 23.7. The number of rotatable bonds is 8. The van der Waals surface area contributed by atoms with Gasteiger partial charge in [-0.1, -0.05) is 37.1 Å². The summed E-state index contributed by atoms with van der Waals surface area (Å²) in [6, 6.07) is 11.3. The lowest BCUT2D eigenvalue weighted by Gasteiger charge is -2.25. The maximum absolute atomic E-state index is 13.1. The van der Waals surface area contributed by atoms with Crippen LogP contribution in [-0.4, -0.2) is 41.5 Å². The molecule has 1 heterocycles. The first-order chi connectivity index (χ1) is 15.3. The lowest BCUT2D eigenvalue weighted by Crippen LogP contribution is -2.30. The van der Waals surface area contributed by atoms with Crippen LogP contribution in [0.4, 0.5) is 0 Å². The van der Waals surface area contributed by atoms with Crippen LogP contribution in [0.15, 0.2) is 48.0 Å². The lowest BCUT2D eigenvalue weighted by atomic mass is 9.95. The average molecular weight is 458 g/mol. The highest BCUT2D eigenvalue weighted by Crippen LogP contribution is 2.41. The third-order valence-corrected chi connectivity index (χ3v) is 5.51. The van der Waals surface area contributed by atoms with Crippen molar-refractivity contribution in [2.24, 2.45) is 0 Å². The molecule has 7 heteroatoms. The molecule has 1 N–H and O–H groups in total. The molecule has 1 aliphatic heterocycles. The summed E-state index contributed by atoms with van der Waals surface area (Å²) >= 11 is 6.13. The lowest BCUT2D eigenvalue weighted by molar-refractivity contribution is -0.139. The fourth-order valence-electron chi connectivity index (χ4n) is 3.80. The van der Waals surface area contributed by atoms with Gasteiger partial charge < -0.3 is 19.5 Å². The topological polar surface area (TPSA) is 76.1 Å². The number of hydrogen-bond donors (Lipinski definition) is 1. The van der Waals surface area contributed by atoms with Gasteiger partial charge in [-0.15, -0.1) is 0 Å². The number of benzene rings is 2. The molecule has 170 valence electrons. The molecular weight excluding hydrogens is 430 g/mol. The van der Waals surface area contributed by atoms with E-state index in [9.17, 15) is 14.7 Å². The molecule has 1 atom stereocenters. The summed E-state index contributed by atoms with van der Waals surface area (Å²) in [4.78, 5) is 27.5. The van der Waals surface area contributed by atoms with Crippen molar-refractivity contribution >= 4 is 29.1 Å². The number of nitrogens with zero attached hydrogens (tertiary/aromatic N) is 1. The number of Topliss-reactive ketones (excluding diaryl/α,β-unsaturated/α-hetero) is 1. The number of carbonyl (C=O) groups excluding carboxylic acids is 2. The Morgan fingerprint density at radius 1 is 1.16 bits per heavy atom. The molecule has 2 aromatic carbocycles. The van der Waals surface area contributed by atoms with Crippen molar-refractivity contribution in [3.8, 4) is 11.5 Å². The molecule has 1 amide bonds. The predicted octanol–water partition coefficient (Wildman–Crippen LogP) is 5.36. The highest BCUT2D eigenvalue weighted by molar-refractivity contribution is 6.46. The second kappa shape index (κ2) is 10.1. The number of likely N-dealkylation sites (tertiary alicyclic amines) is 1. The van der Waals surface area contributed by atoms with Gasteiger partial charge in [0, 0.05) is 11.6 Å². The van der Waals surface area contributed by atoms with Gasteiger partial charge in [0.15, 0.2) is 0 Å². The molecule has 0 aliphatic carbocycles. The molecule has 1 unspecified atom stereocenters. The molecule has 0 radical (unpaired) electrons. The summed E-state index contributed by atoms with van der Waals surface area (Å²) in [6.07, 6.45) is 1.61. The Kier molecular flexibility index (Phi) is 7.46. The van der Waals surface area contributed by atoms with Crippen LogP contribution in [-0.2, 0) is 9.59 Å². The Morgan fingerprint density at radius 2 is 1.84 bits per heavy atom. The fraction of sp³-hybridized carbons (Fsp3) is 0.360. The zero-order chi connectivity index (χ0) is 23.4. The number of unbranched alkanes of at least 4 members (excludes halogenated alkanes) is 1. The number of aliphatic hydroxyl groups is 1. The minimum Gasteiger partial charge on any atom is -0.507 e. The minimum absolute atomic E-state index is 0.0178. The summed E-state index contributed by atoms with van der Waals surface area (Å²) in [5, 5.41) is 11.6. The third-order valence-electron chi connectivity index (χ3n) is 5.28. The van der Waals surface area contributed by atoms with E-state index < -0.39 is 17.7 Å². The van der Waals surface area contributed by atoms with Gasteiger partial charge in [0.05, 0.1) is 30.4 Å². The van der Waals surface area contributed by atoms with E-state index in [1.807, 2.05) is 32.9 Å². The molecule has 0 bridgehead atoms. The number of ketones is 1. The van der Waals surface area contributed by atoms with E-state index in [0.29, 0.717) is 28.6 Å². The van der Waals surface area contributed by atoms with Crippen molar-refractivity contribution < 1.29 is 24.2 Å². The molecule has 3 rings (SSSR count). The van der Waals surface area contributed by atoms with Crippen molar-refractivity contribution in [1.82, 2.24) is 4.90 Å². The first-order valence-electron chi connectivity index (χ1n) is 10.7. The summed E-state index contributed by atoms with van der Waals surface area (Å²) < 4.78 is 11.1. The van der Waals surface area contributed by atoms with Crippen LogP contribution in [0.2, 0.25) is 5.02 Å². The van der Waals surface area contributed by atoms with E-state index in [-0.39, 0.29) is 23.0 Å². The van der Waals surface area contributed by atoms with Crippen LogP contribution in [0.5, 0.6) is 11.5 Å². The molecule has 1 aliphatic rings. The third kappa shape index (κ3) is 4.75. The number of carbonyl (C=O) groups is 2. The average Bonchev–Trinajstić information content (AvgIpc) is 3.02. The normalized spacial score (nSPS) is 17.8. The zero-order valence-corrected chi connectivity index (χ0v) is 19.5.